The lowest BCUT2D eigenvalue weighted by molar-refractivity contribution is -0.147. The lowest BCUT2D eigenvalue weighted by Crippen LogP contribution is -2.56. The molecule has 0 heterocycles. The summed E-state index contributed by atoms with van der Waals surface area (Å²) in [7, 11) is 1.44. The average molecular weight is 227 g/mol. The Morgan fingerprint density at radius 3 is 2.19 bits per heavy atom. The molecule has 0 aliphatic heterocycles. The van der Waals surface area contributed by atoms with E-state index in [0.29, 0.717) is 17.9 Å². The topological polar surface area (TPSA) is 38.3 Å². The molecule has 0 saturated heterocycles. The second-order valence-corrected chi connectivity index (χ2v) is 5.67. The van der Waals surface area contributed by atoms with Gasteiger partial charge in [0.2, 0.25) is 0 Å². The van der Waals surface area contributed by atoms with E-state index in [-0.39, 0.29) is 5.97 Å². The van der Waals surface area contributed by atoms with Gasteiger partial charge >= 0.3 is 5.97 Å². The van der Waals surface area contributed by atoms with Crippen LogP contribution in [0.25, 0.3) is 0 Å². The van der Waals surface area contributed by atoms with E-state index in [1.165, 1.54) is 26.4 Å². The molecule has 1 aliphatic rings. The van der Waals surface area contributed by atoms with E-state index in [0.717, 1.165) is 0 Å². The third-order valence-corrected chi connectivity index (χ3v) is 3.77. The summed E-state index contributed by atoms with van der Waals surface area (Å²) in [4.78, 5) is 11.6. The Morgan fingerprint density at radius 1 is 1.25 bits per heavy atom. The molecule has 3 nitrogen and oxygen atoms in total. The number of carbonyl (C=O) groups excluding carboxylic acids is 1. The van der Waals surface area contributed by atoms with Gasteiger partial charge in [-0.15, -0.1) is 0 Å². The Kier molecular flexibility index (Phi) is 4.36. The molecule has 0 amide bonds. The van der Waals surface area contributed by atoms with E-state index in [1.807, 2.05) is 13.8 Å². The number of methoxy groups -OCH3 is 1. The summed E-state index contributed by atoms with van der Waals surface area (Å²) in [6, 6.07) is 0.419. The normalized spacial score (nSPS) is 31.2. The van der Waals surface area contributed by atoms with Crippen LogP contribution in [0.5, 0.6) is 0 Å². The predicted molar refractivity (Wildman–Crippen MR) is 65.2 cm³/mol. The first-order chi connectivity index (χ1) is 7.38. The maximum Gasteiger partial charge on any atom is 0.325 e. The van der Waals surface area contributed by atoms with E-state index in [4.69, 9.17) is 4.74 Å². The molecule has 1 N–H and O–H groups in total. The molecule has 3 heteroatoms. The summed E-state index contributed by atoms with van der Waals surface area (Å²) in [5, 5.41) is 3.47. The van der Waals surface area contributed by atoms with Gasteiger partial charge in [0, 0.05) is 6.04 Å². The number of ether oxygens (including phenoxy) is 1. The first kappa shape index (κ1) is 13.5. The molecule has 2 atom stereocenters. The van der Waals surface area contributed by atoms with Crippen molar-refractivity contribution in [2.45, 2.75) is 58.5 Å². The number of carbonyl (C=O) groups is 1. The standard InChI is InChI=1S/C13H25NO2/c1-9-7-6-8-10(2)11(9)14-13(3,4)12(15)16-5/h9-11,14H,6-8H2,1-5H3. The van der Waals surface area contributed by atoms with Gasteiger partial charge in [-0.25, -0.2) is 0 Å². The number of rotatable bonds is 3. The molecule has 1 saturated carbocycles. The fraction of sp³-hybridized carbons (Fsp3) is 0.923. The predicted octanol–water partition coefficient (Wildman–Crippen LogP) is 2.35. The van der Waals surface area contributed by atoms with Gasteiger partial charge in [-0.2, -0.15) is 0 Å². The summed E-state index contributed by atoms with van der Waals surface area (Å²) in [6.07, 6.45) is 3.80. The van der Waals surface area contributed by atoms with Gasteiger partial charge in [-0.05, 0) is 38.5 Å². The van der Waals surface area contributed by atoms with Gasteiger partial charge < -0.3 is 4.74 Å². The minimum atomic E-state index is -0.584. The third-order valence-electron chi connectivity index (χ3n) is 3.77. The van der Waals surface area contributed by atoms with Gasteiger partial charge in [0.25, 0.3) is 0 Å². The van der Waals surface area contributed by atoms with Crippen molar-refractivity contribution in [2.75, 3.05) is 7.11 Å². The Labute approximate surface area is 98.9 Å². The second kappa shape index (κ2) is 5.17. The van der Waals surface area contributed by atoms with E-state index in [9.17, 15) is 4.79 Å². The summed E-state index contributed by atoms with van der Waals surface area (Å²) >= 11 is 0. The lowest BCUT2D eigenvalue weighted by atomic mass is 9.77. The summed E-state index contributed by atoms with van der Waals surface area (Å²) < 4.78 is 4.83. The lowest BCUT2D eigenvalue weighted by Gasteiger charge is -2.39. The minimum Gasteiger partial charge on any atom is -0.468 e. The Morgan fingerprint density at radius 2 is 1.75 bits per heavy atom. The molecule has 2 unspecified atom stereocenters. The van der Waals surface area contributed by atoms with E-state index >= 15 is 0 Å². The Hall–Kier alpha value is -0.570. The second-order valence-electron chi connectivity index (χ2n) is 5.67. The van der Waals surface area contributed by atoms with Crippen molar-refractivity contribution < 1.29 is 9.53 Å². The molecule has 94 valence electrons. The van der Waals surface area contributed by atoms with E-state index < -0.39 is 5.54 Å². The van der Waals surface area contributed by atoms with Gasteiger partial charge in [-0.1, -0.05) is 20.3 Å². The number of nitrogens with one attached hydrogen (secondary N) is 1. The number of esters is 1. The highest BCUT2D eigenvalue weighted by Gasteiger charge is 2.36. The molecule has 1 fully saturated rings. The zero-order valence-electron chi connectivity index (χ0n) is 11.2. The minimum absolute atomic E-state index is 0.183. The number of hydrogen-bond donors (Lipinski definition) is 1. The maximum atomic E-state index is 11.6. The molecule has 0 spiro atoms. The van der Waals surface area contributed by atoms with Crippen molar-refractivity contribution in [3.05, 3.63) is 0 Å². The fourth-order valence-corrected chi connectivity index (χ4v) is 2.70. The quantitative estimate of drug-likeness (QED) is 0.752. The first-order valence-electron chi connectivity index (χ1n) is 6.24. The van der Waals surface area contributed by atoms with Gasteiger partial charge in [0.15, 0.2) is 0 Å². The van der Waals surface area contributed by atoms with Crippen LogP contribution in [0.4, 0.5) is 0 Å². The fourth-order valence-electron chi connectivity index (χ4n) is 2.70. The van der Waals surface area contributed by atoms with Crippen LogP contribution in [0.1, 0.15) is 47.0 Å². The Bertz CT molecular complexity index is 240. The zero-order chi connectivity index (χ0) is 12.3. The van der Waals surface area contributed by atoms with E-state index in [2.05, 4.69) is 19.2 Å². The van der Waals surface area contributed by atoms with Crippen LogP contribution in [0, 0.1) is 11.8 Å². The molecule has 0 radical (unpaired) electrons. The van der Waals surface area contributed by atoms with Crippen LogP contribution in [-0.2, 0) is 9.53 Å². The summed E-state index contributed by atoms with van der Waals surface area (Å²) in [5.41, 5.74) is -0.584. The molecule has 1 rings (SSSR count). The van der Waals surface area contributed by atoms with Crippen LogP contribution in [0.2, 0.25) is 0 Å². The smallest absolute Gasteiger partial charge is 0.325 e. The van der Waals surface area contributed by atoms with Gasteiger partial charge in [-0.3, -0.25) is 10.1 Å². The van der Waals surface area contributed by atoms with Crippen molar-refractivity contribution >= 4 is 5.97 Å². The molecule has 16 heavy (non-hydrogen) atoms. The molecule has 0 aromatic rings. The van der Waals surface area contributed by atoms with Crippen molar-refractivity contribution in [3.63, 3.8) is 0 Å². The van der Waals surface area contributed by atoms with Crippen LogP contribution in [0.3, 0.4) is 0 Å². The average Bonchev–Trinajstić information content (AvgIpc) is 2.22. The van der Waals surface area contributed by atoms with Gasteiger partial charge in [0.05, 0.1) is 7.11 Å². The molecule has 0 bridgehead atoms. The van der Waals surface area contributed by atoms with Crippen LogP contribution < -0.4 is 5.32 Å². The van der Waals surface area contributed by atoms with Crippen molar-refractivity contribution in [1.82, 2.24) is 5.32 Å². The monoisotopic (exact) mass is 227 g/mol. The van der Waals surface area contributed by atoms with E-state index in [1.54, 1.807) is 0 Å². The molecule has 0 aromatic heterocycles. The first-order valence-corrected chi connectivity index (χ1v) is 6.24. The van der Waals surface area contributed by atoms with Crippen molar-refractivity contribution in [3.8, 4) is 0 Å². The molecule has 0 aromatic carbocycles. The van der Waals surface area contributed by atoms with Crippen LogP contribution in [0.15, 0.2) is 0 Å². The van der Waals surface area contributed by atoms with Gasteiger partial charge in [0.1, 0.15) is 5.54 Å². The SMILES string of the molecule is COC(=O)C(C)(C)NC1C(C)CCCC1C. The zero-order valence-corrected chi connectivity index (χ0v) is 11.2. The molecular weight excluding hydrogens is 202 g/mol. The van der Waals surface area contributed by atoms with Crippen LogP contribution in [-0.4, -0.2) is 24.7 Å². The molecule has 1 aliphatic carbocycles. The number of hydrogen-bond acceptors (Lipinski definition) is 3. The summed E-state index contributed by atoms with van der Waals surface area (Å²) in [5.74, 6) is 1.08. The Balaban J connectivity index is 2.67. The molecular formula is C13H25NO2. The largest absolute Gasteiger partial charge is 0.468 e. The third kappa shape index (κ3) is 2.97. The van der Waals surface area contributed by atoms with Crippen molar-refractivity contribution in [2.24, 2.45) is 11.8 Å². The summed E-state index contributed by atoms with van der Waals surface area (Å²) in [6.45, 7) is 8.32. The highest BCUT2D eigenvalue weighted by molar-refractivity contribution is 5.79. The van der Waals surface area contributed by atoms with Crippen molar-refractivity contribution in [1.29, 1.82) is 0 Å². The highest BCUT2D eigenvalue weighted by Crippen LogP contribution is 2.30. The highest BCUT2D eigenvalue weighted by atomic mass is 16.5. The van der Waals surface area contributed by atoms with Crippen LogP contribution >= 0.6 is 0 Å². The maximum absolute atomic E-state index is 11.6.